The Morgan fingerprint density at radius 2 is 1.79 bits per heavy atom. The molecule has 0 fully saturated rings. The molecule has 0 aliphatic carbocycles. The Bertz CT molecular complexity index is 1190. The van der Waals surface area contributed by atoms with Gasteiger partial charge in [0.25, 0.3) is 0 Å². The number of nitrogens with one attached hydrogen (secondary N) is 1. The van der Waals surface area contributed by atoms with Crippen LogP contribution in [-0.4, -0.2) is 72.8 Å². The van der Waals surface area contributed by atoms with Crippen LogP contribution in [0, 0.1) is 5.92 Å². The Balaban J connectivity index is 1.88. The number of amides is 1. The molecule has 0 aromatic heterocycles. The van der Waals surface area contributed by atoms with Gasteiger partial charge in [-0.3, -0.25) is 4.79 Å². The standard InChI is InChI=1S/C27H39N3O6S2/c1-18(2)15-30(38(33,34)20-11-12-23-24(14-20)36-17-35-23)16-22(31)21(13-19-9-7-6-8-10-19)29-26(32)25(28)27(3,4)37-5/h6-12,14,18,21-22,25,31H,13,15-17,28H2,1-5H3,(H,29,32)/t21-,22+,25+/m0/s1. The molecule has 0 radical (unpaired) electrons. The molecule has 3 rings (SSSR count). The molecule has 9 nitrogen and oxygen atoms in total. The van der Waals surface area contributed by atoms with Crippen LogP contribution in [0.15, 0.2) is 53.4 Å². The van der Waals surface area contributed by atoms with Gasteiger partial charge in [-0.1, -0.05) is 44.2 Å². The van der Waals surface area contributed by atoms with Crippen LogP contribution in [0.4, 0.5) is 0 Å². The first-order valence-corrected chi connectivity index (χ1v) is 15.2. The third-order valence-electron chi connectivity index (χ3n) is 6.59. The second-order valence-electron chi connectivity index (χ2n) is 10.4. The van der Waals surface area contributed by atoms with E-state index in [2.05, 4.69) is 5.32 Å². The second-order valence-corrected chi connectivity index (χ2v) is 13.8. The number of carbonyl (C=O) groups is 1. The van der Waals surface area contributed by atoms with E-state index >= 15 is 0 Å². The fourth-order valence-electron chi connectivity index (χ4n) is 4.07. The molecule has 1 aliphatic rings. The van der Waals surface area contributed by atoms with E-state index in [1.54, 1.807) is 6.07 Å². The number of carbonyl (C=O) groups excluding carboxylic acids is 1. The first kappa shape index (κ1) is 30.2. The molecule has 1 aliphatic heterocycles. The number of hydrogen-bond donors (Lipinski definition) is 3. The van der Waals surface area contributed by atoms with E-state index in [0.29, 0.717) is 17.9 Å². The number of aliphatic hydroxyl groups excluding tert-OH is 1. The van der Waals surface area contributed by atoms with Gasteiger partial charge in [0.2, 0.25) is 22.7 Å². The lowest BCUT2D eigenvalue weighted by atomic mass is 9.98. The third-order valence-corrected chi connectivity index (χ3v) is 9.72. The summed E-state index contributed by atoms with van der Waals surface area (Å²) < 4.78 is 38.8. The van der Waals surface area contributed by atoms with Crippen LogP contribution >= 0.6 is 11.8 Å². The molecular weight excluding hydrogens is 526 g/mol. The molecule has 210 valence electrons. The van der Waals surface area contributed by atoms with Gasteiger partial charge in [-0.25, -0.2) is 8.42 Å². The number of aliphatic hydroxyl groups is 1. The van der Waals surface area contributed by atoms with Crippen LogP contribution in [-0.2, 0) is 21.2 Å². The predicted octanol–water partition coefficient (Wildman–Crippen LogP) is 2.62. The summed E-state index contributed by atoms with van der Waals surface area (Å²) in [6.07, 6.45) is 0.986. The van der Waals surface area contributed by atoms with Crippen molar-refractivity contribution in [3.05, 3.63) is 54.1 Å². The van der Waals surface area contributed by atoms with Gasteiger partial charge in [-0.2, -0.15) is 16.1 Å². The Kier molecular flexibility index (Phi) is 10.1. The highest BCUT2D eigenvalue weighted by Crippen LogP contribution is 2.35. The number of benzene rings is 2. The highest BCUT2D eigenvalue weighted by Gasteiger charge is 2.36. The molecule has 1 amide bonds. The SMILES string of the molecule is CSC(C)(C)[C@H](N)C(=O)N[C@@H](Cc1ccccc1)[C@H](O)CN(CC(C)C)S(=O)(=O)c1ccc2c(c1)OCO2. The van der Waals surface area contributed by atoms with Gasteiger partial charge in [-0.15, -0.1) is 0 Å². The second kappa shape index (κ2) is 12.7. The minimum absolute atomic E-state index is 0.0102. The molecule has 11 heteroatoms. The minimum Gasteiger partial charge on any atom is -0.454 e. The van der Waals surface area contributed by atoms with Crippen molar-refractivity contribution in [2.45, 2.75) is 61.9 Å². The van der Waals surface area contributed by atoms with E-state index in [1.165, 1.54) is 28.2 Å². The first-order chi connectivity index (χ1) is 17.8. The average molecular weight is 566 g/mol. The summed E-state index contributed by atoms with van der Waals surface area (Å²) in [5.41, 5.74) is 7.15. The lowest BCUT2D eigenvalue weighted by molar-refractivity contribution is -0.124. The van der Waals surface area contributed by atoms with Gasteiger partial charge in [0.15, 0.2) is 11.5 Å². The maximum absolute atomic E-state index is 13.7. The molecule has 3 atom stereocenters. The molecular formula is C27H39N3O6S2. The van der Waals surface area contributed by atoms with E-state index in [9.17, 15) is 18.3 Å². The van der Waals surface area contributed by atoms with Crippen LogP contribution in [0.2, 0.25) is 0 Å². The van der Waals surface area contributed by atoms with Crippen molar-refractivity contribution in [3.63, 3.8) is 0 Å². The van der Waals surface area contributed by atoms with E-state index in [4.69, 9.17) is 15.2 Å². The maximum Gasteiger partial charge on any atom is 0.243 e. The molecule has 4 N–H and O–H groups in total. The lowest BCUT2D eigenvalue weighted by Gasteiger charge is -2.33. The lowest BCUT2D eigenvalue weighted by Crippen LogP contribution is -2.58. The number of fused-ring (bicyclic) bond motifs is 1. The third kappa shape index (κ3) is 7.41. The summed E-state index contributed by atoms with van der Waals surface area (Å²) in [6, 6.07) is 12.3. The fourth-order valence-corrected chi connectivity index (χ4v) is 6.07. The smallest absolute Gasteiger partial charge is 0.243 e. The molecule has 1 heterocycles. The molecule has 0 unspecified atom stereocenters. The normalized spacial score (nSPS) is 15.9. The Morgan fingerprint density at radius 1 is 1.13 bits per heavy atom. The molecule has 2 aromatic carbocycles. The fraction of sp³-hybridized carbons (Fsp3) is 0.519. The predicted molar refractivity (Wildman–Crippen MR) is 150 cm³/mol. The van der Waals surface area contributed by atoms with E-state index < -0.39 is 38.9 Å². The summed E-state index contributed by atoms with van der Waals surface area (Å²) in [6.45, 7) is 7.57. The van der Waals surface area contributed by atoms with E-state index in [1.807, 2.05) is 64.3 Å². The Morgan fingerprint density at radius 3 is 2.42 bits per heavy atom. The topological polar surface area (TPSA) is 131 Å². The number of sulfonamides is 1. The summed E-state index contributed by atoms with van der Waals surface area (Å²) >= 11 is 1.47. The zero-order valence-electron chi connectivity index (χ0n) is 22.6. The van der Waals surface area contributed by atoms with Crippen molar-refractivity contribution < 1.29 is 27.8 Å². The molecule has 0 saturated heterocycles. The van der Waals surface area contributed by atoms with Gasteiger partial charge >= 0.3 is 0 Å². The summed E-state index contributed by atoms with van der Waals surface area (Å²) in [4.78, 5) is 13.2. The number of nitrogens with zero attached hydrogens (tertiary/aromatic N) is 1. The average Bonchev–Trinajstić information content (AvgIpc) is 3.35. The van der Waals surface area contributed by atoms with Crippen LogP contribution in [0.1, 0.15) is 33.3 Å². The van der Waals surface area contributed by atoms with Gasteiger partial charge in [-0.05, 0) is 50.1 Å². The van der Waals surface area contributed by atoms with Crippen LogP contribution in [0.25, 0.3) is 0 Å². The van der Waals surface area contributed by atoms with Crippen LogP contribution in [0.3, 0.4) is 0 Å². The molecule has 0 bridgehead atoms. The maximum atomic E-state index is 13.7. The molecule has 0 saturated carbocycles. The highest BCUT2D eigenvalue weighted by atomic mass is 32.2. The van der Waals surface area contributed by atoms with Crippen molar-refractivity contribution in [1.82, 2.24) is 9.62 Å². The number of hydrogen-bond acceptors (Lipinski definition) is 8. The molecule has 0 spiro atoms. The van der Waals surface area contributed by atoms with Gasteiger partial charge in [0.05, 0.1) is 23.1 Å². The van der Waals surface area contributed by atoms with Crippen molar-refractivity contribution >= 4 is 27.7 Å². The van der Waals surface area contributed by atoms with Gasteiger partial charge < -0.3 is 25.6 Å². The number of ether oxygens (including phenoxy) is 2. The Labute approximate surface area is 230 Å². The Hall–Kier alpha value is -2.31. The first-order valence-electron chi connectivity index (χ1n) is 12.6. The zero-order chi connectivity index (χ0) is 28.1. The van der Waals surface area contributed by atoms with Crippen molar-refractivity contribution in [2.75, 3.05) is 26.1 Å². The van der Waals surface area contributed by atoms with Crippen LogP contribution in [0.5, 0.6) is 11.5 Å². The zero-order valence-corrected chi connectivity index (χ0v) is 24.2. The van der Waals surface area contributed by atoms with Crippen molar-refractivity contribution in [1.29, 1.82) is 0 Å². The monoisotopic (exact) mass is 565 g/mol. The molecule has 38 heavy (non-hydrogen) atoms. The summed E-state index contributed by atoms with van der Waals surface area (Å²) in [5.74, 6) is 0.424. The van der Waals surface area contributed by atoms with Gasteiger partial charge in [0.1, 0.15) is 0 Å². The number of nitrogens with two attached hydrogens (primary N) is 1. The summed E-state index contributed by atoms with van der Waals surface area (Å²) in [7, 11) is -3.99. The van der Waals surface area contributed by atoms with E-state index in [-0.39, 0.29) is 30.7 Å². The number of thioether (sulfide) groups is 1. The quantitative estimate of drug-likeness (QED) is 0.338. The largest absolute Gasteiger partial charge is 0.454 e. The minimum atomic E-state index is -3.99. The summed E-state index contributed by atoms with van der Waals surface area (Å²) in [5, 5.41) is 14.3. The van der Waals surface area contributed by atoms with Crippen molar-refractivity contribution in [3.8, 4) is 11.5 Å². The molecule has 2 aromatic rings. The van der Waals surface area contributed by atoms with Gasteiger partial charge in [0, 0.05) is 23.9 Å². The number of rotatable bonds is 13. The van der Waals surface area contributed by atoms with Crippen LogP contribution < -0.4 is 20.5 Å². The highest BCUT2D eigenvalue weighted by molar-refractivity contribution is 8.00. The van der Waals surface area contributed by atoms with E-state index in [0.717, 1.165) is 5.56 Å². The van der Waals surface area contributed by atoms with Crippen molar-refractivity contribution in [2.24, 2.45) is 11.7 Å².